The third-order valence-corrected chi connectivity index (χ3v) is 5.42. The summed E-state index contributed by atoms with van der Waals surface area (Å²) < 4.78 is 17.4. The third kappa shape index (κ3) is 5.47. The summed E-state index contributed by atoms with van der Waals surface area (Å²) in [6.07, 6.45) is 10.4. The maximum absolute atomic E-state index is 13.4. The van der Waals surface area contributed by atoms with E-state index < -0.39 is 0 Å². The van der Waals surface area contributed by atoms with E-state index in [2.05, 4.69) is 45.5 Å². The summed E-state index contributed by atoms with van der Waals surface area (Å²) in [6, 6.07) is 13.2. The topological polar surface area (TPSA) is 38.9 Å². The van der Waals surface area contributed by atoms with Crippen molar-refractivity contribution in [1.29, 1.82) is 0 Å². The molecule has 0 saturated carbocycles. The van der Waals surface area contributed by atoms with Crippen LogP contribution in [-0.2, 0) is 19.6 Å². The molecule has 0 amide bonds. The first-order chi connectivity index (χ1) is 15.1. The SMILES string of the molecule is Cc1cc(C)c(-n2cccn2)c(CN(CCCn2ccnc2)Cc2ccc(F)cc2)c1. The highest BCUT2D eigenvalue weighted by Gasteiger charge is 2.14. The number of rotatable bonds is 9. The first kappa shape index (κ1) is 21.0. The van der Waals surface area contributed by atoms with E-state index in [4.69, 9.17) is 0 Å². The summed E-state index contributed by atoms with van der Waals surface area (Å²) in [5.74, 6) is -0.203. The average molecular weight is 418 g/mol. The molecule has 0 aliphatic rings. The minimum atomic E-state index is -0.203. The molecular weight excluding hydrogens is 389 g/mol. The predicted octanol–water partition coefficient (Wildman–Crippen LogP) is 4.92. The van der Waals surface area contributed by atoms with Gasteiger partial charge in [0.1, 0.15) is 5.82 Å². The van der Waals surface area contributed by atoms with Gasteiger partial charge in [0, 0.05) is 51.0 Å². The lowest BCUT2D eigenvalue weighted by Crippen LogP contribution is -2.26. The third-order valence-electron chi connectivity index (χ3n) is 5.42. The monoisotopic (exact) mass is 417 g/mol. The molecule has 0 aliphatic heterocycles. The number of imidazole rings is 1. The van der Waals surface area contributed by atoms with Gasteiger partial charge in [-0.25, -0.2) is 14.1 Å². The number of halogens is 1. The first-order valence-corrected chi connectivity index (χ1v) is 10.6. The van der Waals surface area contributed by atoms with Crippen LogP contribution in [-0.4, -0.2) is 30.8 Å². The molecule has 0 aliphatic carbocycles. The highest BCUT2D eigenvalue weighted by atomic mass is 19.1. The predicted molar refractivity (Wildman–Crippen MR) is 120 cm³/mol. The van der Waals surface area contributed by atoms with Crippen molar-refractivity contribution < 1.29 is 4.39 Å². The molecule has 0 atom stereocenters. The van der Waals surface area contributed by atoms with Crippen molar-refractivity contribution in [3.63, 3.8) is 0 Å². The van der Waals surface area contributed by atoms with Crippen molar-refractivity contribution in [3.8, 4) is 5.69 Å². The normalized spacial score (nSPS) is 11.4. The number of nitrogens with zero attached hydrogens (tertiary/aromatic N) is 5. The second kappa shape index (κ2) is 9.71. The van der Waals surface area contributed by atoms with E-state index in [1.165, 1.54) is 28.8 Å². The van der Waals surface area contributed by atoms with Gasteiger partial charge in [0.25, 0.3) is 0 Å². The summed E-state index contributed by atoms with van der Waals surface area (Å²) >= 11 is 0. The Morgan fingerprint density at radius 1 is 1.00 bits per heavy atom. The Kier molecular flexibility index (Phi) is 6.57. The van der Waals surface area contributed by atoms with Crippen LogP contribution in [0.2, 0.25) is 0 Å². The summed E-state index contributed by atoms with van der Waals surface area (Å²) in [5, 5.41) is 4.48. The molecule has 2 aromatic carbocycles. The van der Waals surface area contributed by atoms with Gasteiger partial charge in [-0.2, -0.15) is 5.10 Å². The van der Waals surface area contributed by atoms with Crippen molar-refractivity contribution in [1.82, 2.24) is 24.2 Å². The van der Waals surface area contributed by atoms with Gasteiger partial charge in [-0.1, -0.05) is 29.8 Å². The fraction of sp³-hybridized carbons (Fsp3) is 0.280. The van der Waals surface area contributed by atoms with Crippen molar-refractivity contribution in [2.75, 3.05) is 6.54 Å². The summed E-state index contributed by atoms with van der Waals surface area (Å²) in [5.41, 5.74) is 5.93. The van der Waals surface area contributed by atoms with Crippen molar-refractivity contribution in [3.05, 3.63) is 102 Å². The molecule has 0 radical (unpaired) electrons. The maximum atomic E-state index is 13.4. The number of aromatic nitrogens is 4. The van der Waals surface area contributed by atoms with Crippen LogP contribution < -0.4 is 0 Å². The Labute approximate surface area is 182 Å². The Balaban J connectivity index is 1.58. The minimum Gasteiger partial charge on any atom is -0.337 e. The molecule has 6 heteroatoms. The van der Waals surface area contributed by atoms with Crippen LogP contribution in [0.1, 0.15) is 28.7 Å². The molecule has 160 valence electrons. The Morgan fingerprint density at radius 2 is 1.84 bits per heavy atom. The van der Waals surface area contributed by atoms with Crippen molar-refractivity contribution >= 4 is 0 Å². The van der Waals surface area contributed by atoms with Crippen LogP contribution in [0.3, 0.4) is 0 Å². The summed E-state index contributed by atoms with van der Waals surface area (Å²) in [4.78, 5) is 6.55. The first-order valence-electron chi connectivity index (χ1n) is 10.6. The molecule has 5 nitrogen and oxygen atoms in total. The van der Waals surface area contributed by atoms with Crippen LogP contribution >= 0.6 is 0 Å². The molecule has 0 unspecified atom stereocenters. The van der Waals surface area contributed by atoms with Gasteiger partial charge >= 0.3 is 0 Å². The molecule has 4 rings (SSSR count). The lowest BCUT2D eigenvalue weighted by molar-refractivity contribution is 0.248. The van der Waals surface area contributed by atoms with E-state index in [0.29, 0.717) is 0 Å². The molecule has 0 spiro atoms. The van der Waals surface area contributed by atoms with Gasteiger partial charge in [-0.3, -0.25) is 4.90 Å². The van der Waals surface area contributed by atoms with Crippen LogP contribution in [0.25, 0.3) is 5.69 Å². The number of hydrogen-bond acceptors (Lipinski definition) is 3. The smallest absolute Gasteiger partial charge is 0.123 e. The zero-order chi connectivity index (χ0) is 21.6. The largest absolute Gasteiger partial charge is 0.337 e. The molecule has 2 aromatic heterocycles. The van der Waals surface area contributed by atoms with Gasteiger partial charge in [-0.05, 0) is 55.2 Å². The molecular formula is C25H28FN5. The highest BCUT2D eigenvalue weighted by Crippen LogP contribution is 2.23. The van der Waals surface area contributed by atoms with Crippen LogP contribution in [0.15, 0.2) is 73.6 Å². The molecule has 2 heterocycles. The Bertz CT molecular complexity index is 1090. The Hall–Kier alpha value is -3.25. The Morgan fingerprint density at radius 3 is 2.55 bits per heavy atom. The maximum Gasteiger partial charge on any atom is 0.123 e. The molecule has 0 bridgehead atoms. The van der Waals surface area contributed by atoms with E-state index in [1.807, 2.05) is 54.0 Å². The van der Waals surface area contributed by atoms with E-state index >= 15 is 0 Å². The van der Waals surface area contributed by atoms with E-state index in [0.717, 1.165) is 43.9 Å². The lowest BCUT2D eigenvalue weighted by Gasteiger charge is -2.25. The number of benzene rings is 2. The second-order valence-corrected chi connectivity index (χ2v) is 8.03. The van der Waals surface area contributed by atoms with E-state index in [1.54, 1.807) is 0 Å². The molecule has 31 heavy (non-hydrogen) atoms. The number of aryl methyl sites for hydroxylation is 3. The molecule has 0 N–H and O–H groups in total. The minimum absolute atomic E-state index is 0.203. The standard InChI is InChI=1S/C25H28FN5/c1-20-15-21(2)25(31-13-3-9-28-31)23(16-20)18-30(12-4-11-29-14-10-27-19-29)17-22-5-7-24(26)8-6-22/h3,5-10,13-16,19H,4,11-12,17-18H2,1-2H3. The number of hydrogen-bond donors (Lipinski definition) is 0. The van der Waals surface area contributed by atoms with E-state index in [9.17, 15) is 4.39 Å². The lowest BCUT2D eigenvalue weighted by atomic mass is 10.0. The highest BCUT2D eigenvalue weighted by molar-refractivity contribution is 5.49. The summed E-state index contributed by atoms with van der Waals surface area (Å²) in [7, 11) is 0. The molecule has 0 fully saturated rings. The summed E-state index contributed by atoms with van der Waals surface area (Å²) in [6.45, 7) is 7.65. The second-order valence-electron chi connectivity index (χ2n) is 8.03. The van der Waals surface area contributed by atoms with Gasteiger partial charge in [-0.15, -0.1) is 0 Å². The van der Waals surface area contributed by atoms with Crippen molar-refractivity contribution in [2.24, 2.45) is 0 Å². The van der Waals surface area contributed by atoms with Crippen LogP contribution in [0.5, 0.6) is 0 Å². The van der Waals surface area contributed by atoms with Gasteiger partial charge in [0.05, 0.1) is 12.0 Å². The van der Waals surface area contributed by atoms with Crippen LogP contribution in [0, 0.1) is 19.7 Å². The quantitative estimate of drug-likeness (QED) is 0.388. The van der Waals surface area contributed by atoms with Gasteiger partial charge in [0.2, 0.25) is 0 Å². The molecule has 0 saturated heterocycles. The fourth-order valence-electron chi connectivity index (χ4n) is 4.10. The van der Waals surface area contributed by atoms with Gasteiger partial charge < -0.3 is 4.57 Å². The van der Waals surface area contributed by atoms with E-state index in [-0.39, 0.29) is 5.82 Å². The van der Waals surface area contributed by atoms with Crippen LogP contribution in [0.4, 0.5) is 4.39 Å². The fourth-order valence-corrected chi connectivity index (χ4v) is 4.10. The van der Waals surface area contributed by atoms with Gasteiger partial charge in [0.15, 0.2) is 0 Å². The zero-order valence-corrected chi connectivity index (χ0v) is 18.1. The molecule has 4 aromatic rings. The average Bonchev–Trinajstić information content (AvgIpc) is 3.43. The van der Waals surface area contributed by atoms with Crippen molar-refractivity contribution in [2.45, 2.75) is 39.9 Å². The zero-order valence-electron chi connectivity index (χ0n) is 18.1.